The molecule has 4 rings (SSSR count). The molecule has 0 atom stereocenters. The summed E-state index contributed by atoms with van der Waals surface area (Å²) in [6.45, 7) is 1.85. The van der Waals surface area contributed by atoms with Gasteiger partial charge in [-0.2, -0.15) is 0 Å². The summed E-state index contributed by atoms with van der Waals surface area (Å²) in [7, 11) is 0. The normalized spacial score (nSPS) is 22.2. The zero-order valence-corrected chi connectivity index (χ0v) is 13.5. The molecule has 2 heterocycles. The van der Waals surface area contributed by atoms with Crippen LogP contribution in [-0.2, 0) is 9.59 Å². The number of furan rings is 1. The number of carbonyl (C=O) groups excluding carboxylic acids is 3. The monoisotopic (exact) mass is 331 g/mol. The topological polar surface area (TPSA) is 82.9 Å². The second-order valence-corrected chi connectivity index (χ2v) is 6.89. The van der Waals surface area contributed by atoms with Crippen LogP contribution < -0.4 is 5.32 Å². The van der Waals surface area contributed by atoms with E-state index in [1.165, 1.54) is 6.26 Å². The van der Waals surface area contributed by atoms with E-state index in [1.807, 2.05) is 0 Å². The Morgan fingerprint density at radius 2 is 1.75 bits per heavy atom. The van der Waals surface area contributed by atoms with Gasteiger partial charge in [0, 0.05) is 32.2 Å². The first-order valence-electron chi connectivity index (χ1n) is 8.53. The highest BCUT2D eigenvalue weighted by atomic mass is 16.3. The minimum Gasteiger partial charge on any atom is -0.459 e. The van der Waals surface area contributed by atoms with Crippen molar-refractivity contribution >= 4 is 17.7 Å². The molecule has 0 bridgehead atoms. The van der Waals surface area contributed by atoms with E-state index in [-0.39, 0.29) is 23.8 Å². The summed E-state index contributed by atoms with van der Waals surface area (Å²) in [4.78, 5) is 40.8. The molecule has 7 nitrogen and oxygen atoms in total. The molecule has 0 radical (unpaired) electrons. The highest BCUT2D eigenvalue weighted by Crippen LogP contribution is 2.48. The van der Waals surface area contributed by atoms with Gasteiger partial charge in [-0.15, -0.1) is 0 Å². The number of carbonyl (C=O) groups is 3. The summed E-state index contributed by atoms with van der Waals surface area (Å²) in [6, 6.07) is 3.59. The van der Waals surface area contributed by atoms with Gasteiger partial charge in [0.05, 0.1) is 6.26 Å². The first kappa shape index (κ1) is 15.2. The van der Waals surface area contributed by atoms with Crippen molar-refractivity contribution in [1.82, 2.24) is 15.1 Å². The minimum absolute atomic E-state index is 0.0780. The lowest BCUT2D eigenvalue weighted by Crippen LogP contribution is -2.54. The Hall–Kier alpha value is -2.31. The smallest absolute Gasteiger partial charge is 0.289 e. The van der Waals surface area contributed by atoms with Gasteiger partial charge < -0.3 is 19.5 Å². The number of rotatable bonds is 4. The van der Waals surface area contributed by atoms with E-state index in [4.69, 9.17) is 4.42 Å². The largest absolute Gasteiger partial charge is 0.459 e. The third-order valence-corrected chi connectivity index (χ3v) is 5.09. The molecule has 1 aromatic heterocycles. The van der Waals surface area contributed by atoms with Crippen molar-refractivity contribution in [1.29, 1.82) is 0 Å². The first-order chi connectivity index (χ1) is 11.6. The van der Waals surface area contributed by atoms with Crippen LogP contribution >= 0.6 is 0 Å². The van der Waals surface area contributed by atoms with Crippen LogP contribution in [0.4, 0.5) is 0 Å². The summed E-state index contributed by atoms with van der Waals surface area (Å²) in [5.74, 6) is -0.0215. The second-order valence-electron chi connectivity index (χ2n) is 6.89. The van der Waals surface area contributed by atoms with Crippen molar-refractivity contribution in [2.75, 3.05) is 26.2 Å². The summed E-state index contributed by atoms with van der Waals surface area (Å²) in [5, 5.41) is 2.96. The lowest BCUT2D eigenvalue weighted by atomic mass is 10.0. The summed E-state index contributed by atoms with van der Waals surface area (Å²) in [6.07, 6.45) is 4.78. The number of amides is 3. The van der Waals surface area contributed by atoms with Crippen LogP contribution in [0, 0.1) is 5.41 Å². The van der Waals surface area contributed by atoms with Crippen LogP contribution in [0.3, 0.4) is 0 Å². The molecule has 2 aliphatic carbocycles. The molecule has 3 aliphatic rings. The lowest BCUT2D eigenvalue weighted by molar-refractivity contribution is -0.145. The third kappa shape index (κ3) is 2.68. The lowest BCUT2D eigenvalue weighted by Gasteiger charge is -2.36. The second kappa shape index (κ2) is 5.65. The van der Waals surface area contributed by atoms with Crippen molar-refractivity contribution in [3.63, 3.8) is 0 Å². The van der Waals surface area contributed by atoms with E-state index >= 15 is 0 Å². The van der Waals surface area contributed by atoms with Gasteiger partial charge in [0.25, 0.3) is 5.91 Å². The molecule has 1 aliphatic heterocycles. The summed E-state index contributed by atoms with van der Waals surface area (Å²) < 4.78 is 5.14. The number of hydrogen-bond donors (Lipinski definition) is 1. The quantitative estimate of drug-likeness (QED) is 0.820. The maximum atomic E-state index is 12.8. The molecule has 1 aromatic rings. The zero-order valence-electron chi connectivity index (χ0n) is 13.5. The van der Waals surface area contributed by atoms with E-state index in [9.17, 15) is 14.4 Å². The van der Waals surface area contributed by atoms with Crippen molar-refractivity contribution in [3.8, 4) is 0 Å². The maximum absolute atomic E-state index is 12.8. The highest BCUT2D eigenvalue weighted by Gasteiger charge is 2.58. The number of nitrogens with zero attached hydrogens (tertiary/aromatic N) is 2. The Balaban J connectivity index is 1.34. The molecule has 0 unspecified atom stereocenters. The van der Waals surface area contributed by atoms with Gasteiger partial charge in [-0.1, -0.05) is 0 Å². The Kier molecular flexibility index (Phi) is 3.58. The van der Waals surface area contributed by atoms with Crippen LogP contribution in [0.1, 0.15) is 36.2 Å². The Morgan fingerprint density at radius 1 is 1.08 bits per heavy atom. The van der Waals surface area contributed by atoms with Crippen LogP contribution in [0.5, 0.6) is 0 Å². The SMILES string of the molecule is O=C(c1ccco1)N1CCN(C(=O)C2(C(=O)NC3CC3)CC2)CC1. The van der Waals surface area contributed by atoms with E-state index in [0.717, 1.165) is 12.8 Å². The first-order valence-corrected chi connectivity index (χ1v) is 8.53. The predicted octanol–water partition coefficient (Wildman–Crippen LogP) is 0.623. The van der Waals surface area contributed by atoms with E-state index < -0.39 is 5.41 Å². The molecule has 1 N–H and O–H groups in total. The molecule has 7 heteroatoms. The van der Waals surface area contributed by atoms with Gasteiger partial charge in [0.2, 0.25) is 11.8 Å². The molecule has 0 aromatic carbocycles. The zero-order chi connectivity index (χ0) is 16.7. The molecule has 128 valence electrons. The summed E-state index contributed by atoms with van der Waals surface area (Å²) in [5.41, 5.74) is -0.838. The number of nitrogens with one attached hydrogen (secondary N) is 1. The summed E-state index contributed by atoms with van der Waals surface area (Å²) >= 11 is 0. The molecule has 0 spiro atoms. The van der Waals surface area contributed by atoms with Crippen molar-refractivity contribution < 1.29 is 18.8 Å². The minimum atomic E-state index is -0.838. The average Bonchev–Trinajstić information content (AvgIpc) is 3.53. The Bertz CT molecular complexity index is 653. The fourth-order valence-electron chi connectivity index (χ4n) is 3.19. The van der Waals surface area contributed by atoms with Crippen LogP contribution in [-0.4, -0.2) is 59.7 Å². The fourth-order valence-corrected chi connectivity index (χ4v) is 3.19. The van der Waals surface area contributed by atoms with Crippen molar-refractivity contribution in [2.24, 2.45) is 5.41 Å². The van der Waals surface area contributed by atoms with Gasteiger partial charge >= 0.3 is 0 Å². The van der Waals surface area contributed by atoms with E-state index in [2.05, 4.69) is 5.32 Å². The van der Waals surface area contributed by atoms with Gasteiger partial charge in [-0.05, 0) is 37.8 Å². The molecule has 24 heavy (non-hydrogen) atoms. The van der Waals surface area contributed by atoms with E-state index in [0.29, 0.717) is 44.8 Å². The molecule has 2 saturated carbocycles. The number of hydrogen-bond acceptors (Lipinski definition) is 4. The maximum Gasteiger partial charge on any atom is 0.289 e. The Morgan fingerprint density at radius 3 is 2.29 bits per heavy atom. The van der Waals surface area contributed by atoms with Gasteiger partial charge in [-0.3, -0.25) is 14.4 Å². The Labute approximate surface area is 140 Å². The average molecular weight is 331 g/mol. The molecule has 3 amide bonds. The van der Waals surface area contributed by atoms with Crippen molar-refractivity contribution in [2.45, 2.75) is 31.7 Å². The molecular formula is C17H21N3O4. The highest BCUT2D eigenvalue weighted by molar-refractivity contribution is 6.08. The number of piperazine rings is 1. The standard InChI is InChI=1S/C17H21N3O4/c21-14(13-2-1-11-24-13)19-7-9-20(10-8-19)16(23)17(5-6-17)15(22)18-12-3-4-12/h1-2,11-12H,3-10H2,(H,18,22). The van der Waals surface area contributed by atoms with Crippen LogP contribution in [0.25, 0.3) is 0 Å². The van der Waals surface area contributed by atoms with Crippen molar-refractivity contribution in [3.05, 3.63) is 24.2 Å². The molecule has 3 fully saturated rings. The van der Waals surface area contributed by atoms with Gasteiger partial charge in [0.15, 0.2) is 5.76 Å². The molecular weight excluding hydrogens is 310 g/mol. The van der Waals surface area contributed by atoms with Crippen LogP contribution in [0.2, 0.25) is 0 Å². The van der Waals surface area contributed by atoms with E-state index in [1.54, 1.807) is 21.9 Å². The fraction of sp³-hybridized carbons (Fsp3) is 0.588. The predicted molar refractivity (Wildman–Crippen MR) is 84.0 cm³/mol. The third-order valence-electron chi connectivity index (χ3n) is 5.09. The molecule has 1 saturated heterocycles. The van der Waals surface area contributed by atoms with Gasteiger partial charge in [0.1, 0.15) is 5.41 Å². The van der Waals surface area contributed by atoms with Crippen LogP contribution in [0.15, 0.2) is 22.8 Å². The van der Waals surface area contributed by atoms with Gasteiger partial charge in [-0.25, -0.2) is 0 Å².